The smallest absolute Gasteiger partial charge is 0.224 e. The molecule has 3 N–H and O–H groups in total. The molecule has 1 fully saturated rings. The maximum absolute atomic E-state index is 12.2. The Morgan fingerprint density at radius 3 is 2.65 bits per heavy atom. The fourth-order valence-electron chi connectivity index (χ4n) is 3.06. The fraction of sp³-hybridized carbons (Fsp3) is 0.412. The van der Waals surface area contributed by atoms with Gasteiger partial charge in [-0.1, -0.05) is 12.8 Å². The molecule has 2 aromatic rings. The lowest BCUT2D eigenvalue weighted by Crippen LogP contribution is -2.35. The van der Waals surface area contributed by atoms with Crippen molar-refractivity contribution in [3.63, 3.8) is 0 Å². The van der Waals surface area contributed by atoms with Crippen LogP contribution in [0, 0.1) is 5.92 Å². The summed E-state index contributed by atoms with van der Waals surface area (Å²) in [7, 11) is 0. The van der Waals surface area contributed by atoms with Gasteiger partial charge in [0.05, 0.1) is 5.69 Å². The van der Waals surface area contributed by atoms with E-state index >= 15 is 0 Å². The zero-order valence-corrected chi connectivity index (χ0v) is 13.8. The zero-order valence-electron chi connectivity index (χ0n) is 13.0. The lowest BCUT2D eigenvalue weighted by atomic mass is 9.83. The number of carbonyl (C=O) groups excluding carboxylic acids is 1. The van der Waals surface area contributed by atoms with Crippen LogP contribution in [0.3, 0.4) is 0 Å². The second kappa shape index (κ2) is 8.13. The van der Waals surface area contributed by atoms with Gasteiger partial charge in [-0.2, -0.15) is 5.10 Å². The number of hydrogen-bond acceptors (Lipinski definition) is 3. The van der Waals surface area contributed by atoms with E-state index in [1.165, 1.54) is 12.8 Å². The molecule has 1 aromatic carbocycles. The van der Waals surface area contributed by atoms with E-state index in [1.54, 1.807) is 10.9 Å². The lowest BCUT2D eigenvalue weighted by Gasteiger charge is -2.27. The highest BCUT2D eigenvalue weighted by Gasteiger charge is 2.24. The van der Waals surface area contributed by atoms with Crippen LogP contribution in [0.15, 0.2) is 42.7 Å². The third kappa shape index (κ3) is 4.56. The Kier molecular flexibility index (Phi) is 6.19. The van der Waals surface area contributed by atoms with Gasteiger partial charge in [0.25, 0.3) is 0 Å². The van der Waals surface area contributed by atoms with Crippen molar-refractivity contribution in [2.24, 2.45) is 11.7 Å². The van der Waals surface area contributed by atoms with Crippen molar-refractivity contribution in [2.75, 3.05) is 5.32 Å². The van der Waals surface area contributed by atoms with E-state index in [2.05, 4.69) is 10.4 Å². The quantitative estimate of drug-likeness (QED) is 0.902. The Bertz CT molecular complexity index is 612. The lowest BCUT2D eigenvalue weighted by molar-refractivity contribution is -0.117. The molecule has 3 rings (SSSR count). The molecule has 1 saturated carbocycles. The van der Waals surface area contributed by atoms with E-state index in [4.69, 9.17) is 5.73 Å². The van der Waals surface area contributed by atoms with Gasteiger partial charge >= 0.3 is 0 Å². The monoisotopic (exact) mass is 334 g/mol. The van der Waals surface area contributed by atoms with Crippen LogP contribution in [0.1, 0.15) is 32.1 Å². The van der Waals surface area contributed by atoms with Gasteiger partial charge in [0.2, 0.25) is 5.91 Å². The Morgan fingerprint density at radius 1 is 1.26 bits per heavy atom. The molecule has 1 amide bonds. The Hall–Kier alpha value is -1.85. The molecule has 1 aromatic heterocycles. The molecular weight excluding hydrogens is 312 g/mol. The van der Waals surface area contributed by atoms with Crippen LogP contribution in [0.2, 0.25) is 0 Å². The minimum atomic E-state index is 0. The highest BCUT2D eigenvalue weighted by Crippen LogP contribution is 2.26. The van der Waals surface area contributed by atoms with Crippen LogP contribution in [0.4, 0.5) is 5.69 Å². The van der Waals surface area contributed by atoms with E-state index in [9.17, 15) is 4.79 Å². The predicted molar refractivity (Wildman–Crippen MR) is 94.0 cm³/mol. The van der Waals surface area contributed by atoms with Gasteiger partial charge in [0.15, 0.2) is 0 Å². The first-order valence-electron chi connectivity index (χ1n) is 7.88. The molecule has 0 bridgehead atoms. The molecule has 0 saturated heterocycles. The average molecular weight is 335 g/mol. The van der Waals surface area contributed by atoms with Gasteiger partial charge in [-0.25, -0.2) is 4.68 Å². The Labute approximate surface area is 142 Å². The molecule has 5 nitrogen and oxygen atoms in total. The first kappa shape index (κ1) is 17.5. The molecule has 1 aliphatic rings. The van der Waals surface area contributed by atoms with Crippen molar-refractivity contribution in [1.29, 1.82) is 0 Å². The standard InChI is InChI=1S/C17H22N4O.ClH/c18-16-5-2-1-4-13(16)12-17(22)20-14-6-8-15(9-7-14)21-11-3-10-19-21;/h3,6-11,13,16H,1-2,4-5,12,18H2,(H,20,22);1H. The topological polar surface area (TPSA) is 72.9 Å². The molecule has 2 unspecified atom stereocenters. The molecule has 0 radical (unpaired) electrons. The summed E-state index contributed by atoms with van der Waals surface area (Å²) in [6.45, 7) is 0. The first-order chi connectivity index (χ1) is 10.7. The minimum absolute atomic E-state index is 0. The number of benzene rings is 1. The third-order valence-corrected chi connectivity index (χ3v) is 4.34. The molecule has 124 valence electrons. The fourth-order valence-corrected chi connectivity index (χ4v) is 3.06. The van der Waals surface area contributed by atoms with E-state index in [1.807, 2.05) is 36.5 Å². The largest absolute Gasteiger partial charge is 0.327 e. The molecule has 6 heteroatoms. The van der Waals surface area contributed by atoms with Gasteiger partial charge in [-0.05, 0) is 49.1 Å². The first-order valence-corrected chi connectivity index (χ1v) is 7.88. The summed E-state index contributed by atoms with van der Waals surface area (Å²) in [4.78, 5) is 12.2. The molecule has 23 heavy (non-hydrogen) atoms. The summed E-state index contributed by atoms with van der Waals surface area (Å²) in [5, 5.41) is 7.14. The zero-order chi connectivity index (χ0) is 15.4. The Balaban J connectivity index is 0.00000192. The van der Waals surface area contributed by atoms with Crippen molar-refractivity contribution in [1.82, 2.24) is 9.78 Å². The molecule has 0 spiro atoms. The highest BCUT2D eigenvalue weighted by molar-refractivity contribution is 5.91. The predicted octanol–water partition coefficient (Wildman–Crippen LogP) is 3.14. The minimum Gasteiger partial charge on any atom is -0.327 e. The number of halogens is 1. The van der Waals surface area contributed by atoms with Crippen molar-refractivity contribution in [3.8, 4) is 5.69 Å². The number of carbonyl (C=O) groups is 1. The van der Waals surface area contributed by atoms with Crippen LogP contribution in [0.25, 0.3) is 5.69 Å². The number of nitrogens with zero attached hydrogens (tertiary/aromatic N) is 2. The highest BCUT2D eigenvalue weighted by atomic mass is 35.5. The maximum atomic E-state index is 12.2. The maximum Gasteiger partial charge on any atom is 0.224 e. The molecule has 1 aliphatic carbocycles. The van der Waals surface area contributed by atoms with Gasteiger partial charge in [-0.3, -0.25) is 4.79 Å². The second-order valence-corrected chi connectivity index (χ2v) is 5.96. The van der Waals surface area contributed by atoms with Crippen molar-refractivity contribution in [2.45, 2.75) is 38.1 Å². The van der Waals surface area contributed by atoms with Crippen LogP contribution < -0.4 is 11.1 Å². The SMILES string of the molecule is Cl.NC1CCCCC1CC(=O)Nc1ccc(-n2cccn2)cc1. The van der Waals surface area contributed by atoms with Gasteiger partial charge in [-0.15, -0.1) is 12.4 Å². The summed E-state index contributed by atoms with van der Waals surface area (Å²) in [5.41, 5.74) is 7.89. The summed E-state index contributed by atoms with van der Waals surface area (Å²) in [6.07, 6.45) is 8.62. The average Bonchev–Trinajstić information content (AvgIpc) is 3.05. The van der Waals surface area contributed by atoms with Gasteiger partial charge in [0, 0.05) is 30.5 Å². The number of rotatable bonds is 4. The molecule has 1 heterocycles. The van der Waals surface area contributed by atoms with Crippen LogP contribution in [0.5, 0.6) is 0 Å². The molecule has 2 atom stereocenters. The van der Waals surface area contributed by atoms with E-state index in [-0.39, 0.29) is 24.4 Å². The summed E-state index contributed by atoms with van der Waals surface area (Å²) in [5.74, 6) is 0.367. The van der Waals surface area contributed by atoms with E-state index < -0.39 is 0 Å². The van der Waals surface area contributed by atoms with E-state index in [0.29, 0.717) is 12.3 Å². The summed E-state index contributed by atoms with van der Waals surface area (Å²) < 4.78 is 1.78. The molecule has 0 aliphatic heterocycles. The summed E-state index contributed by atoms with van der Waals surface area (Å²) in [6, 6.07) is 9.72. The van der Waals surface area contributed by atoms with Crippen LogP contribution >= 0.6 is 12.4 Å². The summed E-state index contributed by atoms with van der Waals surface area (Å²) >= 11 is 0. The van der Waals surface area contributed by atoms with E-state index in [0.717, 1.165) is 24.2 Å². The normalized spacial score (nSPS) is 20.6. The van der Waals surface area contributed by atoms with Gasteiger partial charge in [0.1, 0.15) is 0 Å². The number of aromatic nitrogens is 2. The number of amides is 1. The van der Waals surface area contributed by atoms with Crippen molar-refractivity contribution >= 4 is 24.0 Å². The second-order valence-electron chi connectivity index (χ2n) is 5.96. The van der Waals surface area contributed by atoms with Crippen LogP contribution in [-0.4, -0.2) is 21.7 Å². The van der Waals surface area contributed by atoms with Crippen molar-refractivity contribution < 1.29 is 4.79 Å². The van der Waals surface area contributed by atoms with Crippen LogP contribution in [-0.2, 0) is 4.79 Å². The third-order valence-electron chi connectivity index (χ3n) is 4.34. The Morgan fingerprint density at radius 2 is 2.00 bits per heavy atom. The molecular formula is C17H23ClN4O. The number of nitrogens with two attached hydrogens (primary N) is 1. The number of nitrogens with one attached hydrogen (secondary N) is 1. The van der Waals surface area contributed by atoms with Crippen molar-refractivity contribution in [3.05, 3.63) is 42.7 Å². The van der Waals surface area contributed by atoms with Gasteiger partial charge < -0.3 is 11.1 Å². The number of hydrogen-bond donors (Lipinski definition) is 2. The number of anilines is 1.